The Bertz CT molecular complexity index is 1290. The van der Waals surface area contributed by atoms with Crippen LogP contribution in [0.4, 0.5) is 48.7 Å². The zero-order valence-electron chi connectivity index (χ0n) is 20.3. The Morgan fingerprint density at radius 1 is 0.649 bits per heavy atom. The zero-order chi connectivity index (χ0) is 29.0. The maximum atomic E-state index is 14.6. The van der Waals surface area contributed by atoms with E-state index in [1.807, 2.05) is 5.73 Å². The van der Waals surface area contributed by atoms with E-state index < -0.39 is 81.6 Å². The van der Waals surface area contributed by atoms with Crippen LogP contribution in [0, 0.1) is 47.6 Å². The monoisotopic (exact) mass is 537 g/mol. The number of hydrogen-bond acceptors (Lipinski definition) is 0. The minimum atomic E-state index is -2.63. The molecule has 0 saturated heterocycles. The Labute approximate surface area is 206 Å². The Morgan fingerprint density at radius 2 is 1.05 bits per heavy atom. The third-order valence-electron chi connectivity index (χ3n) is 5.80. The molecule has 0 bridgehead atoms. The summed E-state index contributed by atoms with van der Waals surface area (Å²) in [4.78, 5) is 0. The smallest absolute Gasteiger partial charge is 0.207 e. The lowest BCUT2D eigenvalue weighted by Gasteiger charge is -2.44. The number of hydrogen-bond donors (Lipinski definition) is 0. The molecule has 1 aliphatic heterocycles. The van der Waals surface area contributed by atoms with E-state index in [0.29, 0.717) is 0 Å². The van der Waals surface area contributed by atoms with E-state index in [9.17, 15) is 39.5 Å². The number of rotatable bonds is 0. The SMILES string of the molecule is CB1c2c(F)c(C)c(F)c(F)c2[B-](C)(C)c2c(F)c(F)c(F)c(F)c21.CC(C)=C=C=C=C=C(F)F.FF. The van der Waals surface area contributed by atoms with Gasteiger partial charge in [0.15, 0.2) is 23.3 Å². The maximum Gasteiger partial charge on any atom is 0.321 e. The van der Waals surface area contributed by atoms with Crippen molar-refractivity contribution in [3.05, 3.63) is 80.9 Å². The Hall–Kier alpha value is -3.34. The van der Waals surface area contributed by atoms with Crippen molar-refractivity contribution < 1.29 is 48.7 Å². The van der Waals surface area contributed by atoms with Gasteiger partial charge in [-0.05, 0) is 37.8 Å². The van der Waals surface area contributed by atoms with E-state index in [1.54, 1.807) is 19.6 Å². The lowest BCUT2D eigenvalue weighted by Crippen LogP contribution is -2.76. The van der Waals surface area contributed by atoms with Crippen molar-refractivity contribution in [2.45, 2.75) is 41.2 Å². The second-order valence-corrected chi connectivity index (χ2v) is 8.84. The number of halogens is 11. The minimum Gasteiger partial charge on any atom is -0.207 e. The highest BCUT2D eigenvalue weighted by Crippen LogP contribution is 2.22. The van der Waals surface area contributed by atoms with E-state index in [0.717, 1.165) is 12.5 Å². The van der Waals surface area contributed by atoms with E-state index in [4.69, 9.17) is 9.15 Å². The molecule has 0 nitrogen and oxygen atoms in total. The second-order valence-electron chi connectivity index (χ2n) is 8.84. The van der Waals surface area contributed by atoms with Gasteiger partial charge in [-0.25, -0.2) is 30.7 Å². The van der Waals surface area contributed by atoms with Crippen LogP contribution in [-0.2, 0) is 0 Å². The summed E-state index contributed by atoms with van der Waals surface area (Å²) in [6, 6.07) is 0. The number of allylic oxidation sites excluding steroid dienone is 1. The van der Waals surface area contributed by atoms with Gasteiger partial charge in [0.1, 0.15) is 17.5 Å². The first-order valence-corrected chi connectivity index (χ1v) is 10.5. The number of benzene rings is 2. The molecule has 0 saturated carbocycles. The Balaban J connectivity index is 0.000000483. The van der Waals surface area contributed by atoms with Crippen molar-refractivity contribution in [1.82, 2.24) is 0 Å². The van der Waals surface area contributed by atoms with Crippen LogP contribution in [0.2, 0.25) is 20.5 Å². The van der Waals surface area contributed by atoms with Gasteiger partial charge in [-0.1, -0.05) is 23.5 Å². The van der Waals surface area contributed by atoms with Crippen LogP contribution in [0.3, 0.4) is 0 Å². The average Bonchev–Trinajstić information content (AvgIpc) is 2.83. The lowest BCUT2D eigenvalue weighted by molar-refractivity contribution is 0.108. The zero-order valence-corrected chi connectivity index (χ0v) is 20.3. The van der Waals surface area contributed by atoms with E-state index in [2.05, 4.69) is 11.5 Å². The molecule has 3 rings (SSSR count). The van der Waals surface area contributed by atoms with Gasteiger partial charge in [0, 0.05) is 20.4 Å². The summed E-state index contributed by atoms with van der Waals surface area (Å²) in [5, 5.41) is 0. The lowest BCUT2D eigenvalue weighted by atomic mass is 9.13. The molecule has 13 heteroatoms. The van der Waals surface area contributed by atoms with Crippen LogP contribution in [0.25, 0.3) is 0 Å². The molecule has 198 valence electrons. The normalized spacial score (nSPS) is 12.2. The summed E-state index contributed by atoms with van der Waals surface area (Å²) in [6.45, 7) is 6.94. The molecule has 0 spiro atoms. The van der Waals surface area contributed by atoms with Gasteiger partial charge >= 0.3 is 6.08 Å². The summed E-state index contributed by atoms with van der Waals surface area (Å²) in [5.74, 6) is -11.3. The summed E-state index contributed by atoms with van der Waals surface area (Å²) < 4.78 is 138. The maximum absolute atomic E-state index is 14.6. The van der Waals surface area contributed by atoms with Crippen molar-refractivity contribution in [3.63, 3.8) is 0 Å². The summed E-state index contributed by atoms with van der Waals surface area (Å²) in [6.07, 6.45) is -4.53. The van der Waals surface area contributed by atoms with Gasteiger partial charge in [-0.15, -0.1) is 0 Å². The predicted molar refractivity (Wildman–Crippen MR) is 122 cm³/mol. The molecule has 0 amide bonds. The van der Waals surface area contributed by atoms with Crippen LogP contribution in [0.5, 0.6) is 0 Å². The first-order chi connectivity index (χ1) is 17.1. The van der Waals surface area contributed by atoms with Gasteiger partial charge in [0.25, 0.3) is 0 Å². The van der Waals surface area contributed by atoms with E-state index >= 15 is 0 Å². The molecule has 0 aromatic heterocycles. The molecule has 37 heavy (non-hydrogen) atoms. The fraction of sp³-hybridized carbons (Fsp3) is 0.250. The summed E-state index contributed by atoms with van der Waals surface area (Å²) in [7, 11) is 0. The Kier molecular flexibility index (Phi) is 10.5. The van der Waals surface area contributed by atoms with Crippen LogP contribution in [-0.4, -0.2) is 12.9 Å². The second kappa shape index (κ2) is 12.3. The van der Waals surface area contributed by atoms with Crippen molar-refractivity contribution in [2.24, 2.45) is 0 Å². The third kappa shape index (κ3) is 5.98. The highest BCUT2D eigenvalue weighted by molar-refractivity contribution is 7.10. The molecule has 0 radical (unpaired) electrons. The van der Waals surface area contributed by atoms with E-state index in [-0.39, 0.29) is 5.46 Å². The van der Waals surface area contributed by atoms with Gasteiger partial charge in [0.05, 0.1) is 6.15 Å². The molecule has 2 aromatic rings. The van der Waals surface area contributed by atoms with Gasteiger partial charge < -0.3 is 0 Å². The highest BCUT2D eigenvalue weighted by Gasteiger charge is 2.43. The minimum absolute atomic E-state index is 0.363. The molecule has 1 aliphatic rings. The van der Waals surface area contributed by atoms with Gasteiger partial charge in [-0.3, -0.25) is 0 Å². The summed E-state index contributed by atoms with van der Waals surface area (Å²) in [5.41, 5.74) is 6.62. The van der Waals surface area contributed by atoms with Crippen LogP contribution in [0.15, 0.2) is 34.6 Å². The van der Waals surface area contributed by atoms with E-state index in [1.165, 1.54) is 20.5 Å². The van der Waals surface area contributed by atoms with Crippen LogP contribution < -0.4 is 21.9 Å². The molecule has 0 atom stereocenters. The average molecular weight is 537 g/mol. The summed E-state index contributed by atoms with van der Waals surface area (Å²) >= 11 is 0. The molecular weight excluding hydrogens is 519 g/mol. The highest BCUT2D eigenvalue weighted by atomic mass is 20.0. The standard InChI is InChI=1S/C16H12B2F7.C8H6F2.F2/c1-5-10(19)6-8(13(22)11(5)20)18(3,4)9-7(17(6)2)12(21)15(24)16(25)14(9)23;1-7(2)5-3-4-6-8(9)10;1-2/h1-4H3;1-2H3;/q-1;;. The van der Waals surface area contributed by atoms with Crippen molar-refractivity contribution in [2.75, 3.05) is 0 Å². The molecule has 1 heterocycles. The van der Waals surface area contributed by atoms with Crippen molar-refractivity contribution in [1.29, 1.82) is 0 Å². The molecule has 0 aliphatic carbocycles. The van der Waals surface area contributed by atoms with Crippen molar-refractivity contribution >= 4 is 34.7 Å². The quantitative estimate of drug-likeness (QED) is 0.128. The molecular formula is C24H18B2F11-. The molecule has 2 aromatic carbocycles. The predicted octanol–water partition coefficient (Wildman–Crippen LogP) is 5.98. The molecule has 0 unspecified atom stereocenters. The first kappa shape index (κ1) is 31.7. The fourth-order valence-corrected chi connectivity index (χ4v) is 4.26. The third-order valence-corrected chi connectivity index (χ3v) is 5.80. The van der Waals surface area contributed by atoms with Crippen molar-refractivity contribution in [3.8, 4) is 0 Å². The molecule has 0 N–H and O–H groups in total. The van der Waals surface area contributed by atoms with Gasteiger partial charge in [-0.2, -0.15) is 33.4 Å². The van der Waals surface area contributed by atoms with Crippen LogP contribution >= 0.6 is 0 Å². The number of fused-ring (bicyclic) bond motifs is 2. The molecule has 0 fully saturated rings. The topological polar surface area (TPSA) is 0 Å². The fourth-order valence-electron chi connectivity index (χ4n) is 4.26. The largest absolute Gasteiger partial charge is 0.321 e. The van der Waals surface area contributed by atoms with Crippen LogP contribution in [0.1, 0.15) is 19.4 Å². The Morgan fingerprint density at radius 3 is 1.51 bits per heavy atom. The first-order valence-electron chi connectivity index (χ1n) is 10.5. The van der Waals surface area contributed by atoms with Gasteiger partial charge in [0.2, 0.25) is 6.71 Å².